The molecule has 0 spiro atoms. The fraction of sp³-hybridized carbons (Fsp3) is 0.294. The molecule has 1 fully saturated rings. The third kappa shape index (κ3) is 12.8. The lowest BCUT2D eigenvalue weighted by atomic mass is 9.81. The predicted molar refractivity (Wildman–Crippen MR) is 267 cm³/mol. The molecule has 0 unspecified atom stereocenters. The number of fused-ring (bicyclic) bond motifs is 2. The molecule has 2 aliphatic rings. The lowest BCUT2D eigenvalue weighted by Crippen LogP contribution is -2.43. The molecule has 18 nitrogen and oxygen atoms in total. The first-order valence-electron chi connectivity index (χ1n) is 22.9. The van der Waals surface area contributed by atoms with E-state index in [1.165, 1.54) is 17.7 Å². The molecule has 6 aromatic rings. The summed E-state index contributed by atoms with van der Waals surface area (Å²) >= 11 is 0. The highest BCUT2D eigenvalue weighted by atomic mass is 16.3. The summed E-state index contributed by atoms with van der Waals surface area (Å²) in [6, 6.07) is 25.1. The Bertz CT molecular complexity index is 2640. The molecular weight excluding hydrogens is 879 g/mol. The van der Waals surface area contributed by atoms with Gasteiger partial charge in [0.25, 0.3) is 5.91 Å². The topological polar surface area (TPSA) is 249 Å². The minimum Gasteiger partial charge on any atom is -0.507 e. The van der Waals surface area contributed by atoms with E-state index in [1.807, 2.05) is 67.6 Å². The number of phenols is 2. The number of amides is 1. The van der Waals surface area contributed by atoms with E-state index in [1.54, 1.807) is 30.7 Å². The molecule has 3 heterocycles. The lowest BCUT2D eigenvalue weighted by Gasteiger charge is -2.32. The van der Waals surface area contributed by atoms with E-state index in [4.69, 9.17) is 10.2 Å². The van der Waals surface area contributed by atoms with Gasteiger partial charge < -0.3 is 57.2 Å². The van der Waals surface area contributed by atoms with Gasteiger partial charge in [-0.25, -0.2) is 9.97 Å². The number of aromatic hydroxyl groups is 2. The first-order chi connectivity index (χ1) is 33.5. The summed E-state index contributed by atoms with van der Waals surface area (Å²) in [6.45, 7) is 10.0. The van der Waals surface area contributed by atoms with E-state index in [9.17, 15) is 24.6 Å². The molecule has 10 N–H and O–H groups in total. The highest BCUT2D eigenvalue weighted by molar-refractivity contribution is 6.33. The van der Waals surface area contributed by atoms with Crippen molar-refractivity contribution in [2.24, 2.45) is 0 Å². The molecule has 0 bridgehead atoms. The highest BCUT2D eigenvalue weighted by Gasteiger charge is 2.38. The van der Waals surface area contributed by atoms with Crippen LogP contribution < -0.4 is 31.9 Å². The lowest BCUT2D eigenvalue weighted by molar-refractivity contribution is 0.0975. The van der Waals surface area contributed by atoms with Gasteiger partial charge in [0.2, 0.25) is 17.5 Å². The van der Waals surface area contributed by atoms with Gasteiger partial charge in [-0.2, -0.15) is 0 Å². The van der Waals surface area contributed by atoms with Gasteiger partial charge in [0.1, 0.15) is 11.5 Å². The van der Waals surface area contributed by atoms with Crippen molar-refractivity contribution in [1.29, 1.82) is 0 Å². The molecule has 0 atom stereocenters. The van der Waals surface area contributed by atoms with Crippen molar-refractivity contribution < 1.29 is 34.8 Å². The van der Waals surface area contributed by atoms with E-state index < -0.39 is 11.6 Å². The van der Waals surface area contributed by atoms with Crippen LogP contribution in [0.5, 0.6) is 11.5 Å². The number of aryl methyl sites for hydroxylation is 1. The van der Waals surface area contributed by atoms with E-state index in [-0.39, 0.29) is 52.9 Å². The second-order valence-corrected chi connectivity index (χ2v) is 16.6. The van der Waals surface area contributed by atoms with Crippen LogP contribution in [-0.4, -0.2) is 148 Å². The number of ketones is 2. The van der Waals surface area contributed by atoms with Crippen molar-refractivity contribution in [3.8, 4) is 22.8 Å². The van der Waals surface area contributed by atoms with Crippen LogP contribution in [0.1, 0.15) is 53.3 Å². The van der Waals surface area contributed by atoms with Crippen LogP contribution in [0.3, 0.4) is 0 Å². The van der Waals surface area contributed by atoms with Gasteiger partial charge in [0, 0.05) is 124 Å². The number of benzene rings is 4. The summed E-state index contributed by atoms with van der Waals surface area (Å²) in [5.41, 5.74) is 6.76. The first kappa shape index (κ1) is 49.6. The Balaban J connectivity index is 0.000000206. The van der Waals surface area contributed by atoms with Crippen molar-refractivity contribution in [1.82, 2.24) is 35.4 Å². The summed E-state index contributed by atoms with van der Waals surface area (Å²) in [5.74, 6) is -1.53. The molecule has 4 aromatic carbocycles. The largest absolute Gasteiger partial charge is 0.507 e. The Hall–Kier alpha value is -7.32. The number of aliphatic hydroxyl groups is 2. The number of anilines is 5. The zero-order valence-corrected chi connectivity index (χ0v) is 38.8. The van der Waals surface area contributed by atoms with E-state index >= 15 is 0 Å². The maximum atomic E-state index is 13.4. The smallest absolute Gasteiger partial charge is 0.255 e. The highest BCUT2D eigenvalue weighted by Crippen LogP contribution is 2.42. The van der Waals surface area contributed by atoms with E-state index in [0.717, 1.165) is 55.2 Å². The number of aliphatic hydroxyl groups excluding tert-OH is 2. The number of carbonyl (C=O) groups excluding carboxylic acids is 3. The van der Waals surface area contributed by atoms with Gasteiger partial charge >= 0.3 is 0 Å². The number of hydrogen-bond acceptors (Lipinski definition) is 17. The van der Waals surface area contributed by atoms with Gasteiger partial charge in [-0.1, -0.05) is 18.2 Å². The van der Waals surface area contributed by atoms with Crippen LogP contribution in [0.4, 0.5) is 28.7 Å². The minimum absolute atomic E-state index is 0.00939. The standard InChI is InChI=1S/C29H31N7O.C22H28N4O6/c1-21-5-10-25(18-27(21)34-29-31-13-11-26(33-29)24-4-3-12-30-19-24)32-28(37)23-8-6-22(7-9-23)20-36-16-14-35(2)15-17-36;27-11-9-23-5-7-25-13-1-2-14(26-8-6-24-10-12-28)18-17(13)21(31)19-15(29)3-4-16(30)20(19)22(18)32/h3-13,18-19H,14-17,20H2,1-2H3,(H,32,37)(H,31,33,34);1-4,23-30H,5-12H2. The minimum atomic E-state index is -0.559. The van der Waals surface area contributed by atoms with Crippen molar-refractivity contribution in [3.05, 3.63) is 142 Å². The van der Waals surface area contributed by atoms with Crippen LogP contribution in [0.2, 0.25) is 0 Å². The summed E-state index contributed by atoms with van der Waals surface area (Å²) in [5, 5.41) is 56.9. The Labute approximate surface area is 400 Å². The third-order valence-corrected chi connectivity index (χ3v) is 11.7. The number of hydrogen-bond donors (Lipinski definition) is 10. The maximum absolute atomic E-state index is 13.4. The molecule has 0 saturated carbocycles. The molecular formula is C51H59N11O7. The number of nitrogens with one attached hydrogen (secondary N) is 6. The molecule has 2 aromatic heterocycles. The van der Waals surface area contributed by atoms with Gasteiger partial charge in [0.15, 0.2) is 0 Å². The van der Waals surface area contributed by atoms with Crippen molar-refractivity contribution in [2.75, 3.05) is 107 Å². The normalized spacial score (nSPS) is 13.4. The Kier molecular flexibility index (Phi) is 17.3. The molecule has 1 amide bonds. The fourth-order valence-corrected chi connectivity index (χ4v) is 7.92. The Morgan fingerprint density at radius 3 is 1.88 bits per heavy atom. The zero-order valence-electron chi connectivity index (χ0n) is 38.8. The monoisotopic (exact) mass is 937 g/mol. The predicted octanol–water partition coefficient (Wildman–Crippen LogP) is 4.45. The molecule has 69 heavy (non-hydrogen) atoms. The number of likely N-dealkylation sites (N-methyl/N-ethyl adjacent to an activating group) is 1. The van der Waals surface area contributed by atoms with Crippen LogP contribution in [0.15, 0.2) is 104 Å². The summed E-state index contributed by atoms with van der Waals surface area (Å²) < 4.78 is 0. The van der Waals surface area contributed by atoms with Gasteiger partial charge in [-0.3, -0.25) is 24.3 Å². The van der Waals surface area contributed by atoms with Crippen molar-refractivity contribution in [2.45, 2.75) is 13.5 Å². The molecule has 360 valence electrons. The zero-order chi connectivity index (χ0) is 48.7. The molecule has 8 rings (SSSR count). The number of piperazine rings is 1. The SMILES string of the molecule is Cc1ccc(NC(=O)c2ccc(CN3CCN(C)CC3)cc2)cc1Nc1nccc(-c2cccnc2)n1.O=C1c2c(O)ccc(O)c2C(=O)c2c(NCCNCCO)ccc(NCCNCCO)c21. The number of nitrogens with zero attached hydrogens (tertiary/aromatic N) is 5. The van der Waals surface area contributed by atoms with Crippen LogP contribution in [0, 0.1) is 6.92 Å². The summed E-state index contributed by atoms with van der Waals surface area (Å²) in [6.07, 6.45) is 5.22. The van der Waals surface area contributed by atoms with Crippen LogP contribution in [-0.2, 0) is 6.54 Å². The van der Waals surface area contributed by atoms with E-state index in [0.29, 0.717) is 67.8 Å². The van der Waals surface area contributed by atoms with E-state index in [2.05, 4.69) is 63.7 Å². The number of carbonyl (C=O) groups is 3. The maximum Gasteiger partial charge on any atom is 0.255 e. The average Bonchev–Trinajstić information content (AvgIpc) is 3.36. The van der Waals surface area contributed by atoms with Crippen LogP contribution in [0.25, 0.3) is 11.3 Å². The Morgan fingerprint density at radius 1 is 0.681 bits per heavy atom. The molecule has 1 saturated heterocycles. The van der Waals surface area contributed by atoms with Gasteiger partial charge in [0.05, 0.1) is 41.2 Å². The Morgan fingerprint density at radius 2 is 1.30 bits per heavy atom. The average molecular weight is 938 g/mol. The van der Waals surface area contributed by atoms with Crippen molar-refractivity contribution >= 4 is 46.2 Å². The first-order valence-corrected chi connectivity index (χ1v) is 22.9. The number of phenolic OH excluding ortho intramolecular Hbond substituents is 2. The second-order valence-electron chi connectivity index (χ2n) is 16.6. The fourth-order valence-electron chi connectivity index (χ4n) is 7.92. The van der Waals surface area contributed by atoms with Gasteiger partial charge in [-0.05, 0) is 91.8 Å². The van der Waals surface area contributed by atoms with Crippen LogP contribution >= 0.6 is 0 Å². The molecule has 1 aliphatic carbocycles. The number of rotatable bonds is 19. The summed E-state index contributed by atoms with van der Waals surface area (Å²) in [4.78, 5) is 57.6. The third-order valence-electron chi connectivity index (χ3n) is 11.7. The molecule has 1 aliphatic heterocycles. The number of pyridine rings is 1. The van der Waals surface area contributed by atoms with Gasteiger partial charge in [-0.15, -0.1) is 0 Å². The number of aromatic nitrogens is 3. The molecule has 18 heteroatoms. The van der Waals surface area contributed by atoms with Crippen molar-refractivity contribution in [3.63, 3.8) is 0 Å². The second kappa shape index (κ2) is 24.1. The molecule has 0 radical (unpaired) electrons. The summed E-state index contributed by atoms with van der Waals surface area (Å²) in [7, 11) is 2.16. The quantitative estimate of drug-likeness (QED) is 0.0397.